The van der Waals surface area contributed by atoms with Crippen LogP contribution < -0.4 is 5.32 Å². The molecule has 2 aromatic rings. The predicted octanol–water partition coefficient (Wildman–Crippen LogP) is 2.86. The molecule has 2 fully saturated rings. The van der Waals surface area contributed by atoms with E-state index in [1.165, 1.54) is 12.8 Å². The summed E-state index contributed by atoms with van der Waals surface area (Å²) in [5, 5.41) is 3.34. The molecule has 1 N–H and O–H groups in total. The van der Waals surface area contributed by atoms with Crippen LogP contribution in [0.3, 0.4) is 0 Å². The zero-order chi connectivity index (χ0) is 15.6. The lowest BCUT2D eigenvalue weighted by Gasteiger charge is -2.22. The van der Waals surface area contributed by atoms with E-state index in [0.717, 1.165) is 24.4 Å². The minimum absolute atomic E-state index is 0.0450. The van der Waals surface area contributed by atoms with Crippen molar-refractivity contribution in [1.29, 1.82) is 0 Å². The van der Waals surface area contributed by atoms with Gasteiger partial charge in [0.05, 0.1) is 17.8 Å². The number of carbonyl (C=O) groups excluding carboxylic acids is 1. The molecule has 2 aromatic heterocycles. The van der Waals surface area contributed by atoms with Gasteiger partial charge in [0, 0.05) is 24.5 Å². The molecule has 23 heavy (non-hydrogen) atoms. The molecule has 0 spiro atoms. The largest absolute Gasteiger partial charge is 0.367 e. The molecule has 2 heterocycles. The molecule has 5 heteroatoms. The second-order valence-electron chi connectivity index (χ2n) is 6.34. The third kappa shape index (κ3) is 3.50. The highest BCUT2D eigenvalue weighted by molar-refractivity contribution is 5.94. The van der Waals surface area contributed by atoms with Gasteiger partial charge in [0.25, 0.3) is 5.91 Å². The maximum absolute atomic E-state index is 12.8. The third-order valence-corrected chi connectivity index (χ3v) is 4.25. The summed E-state index contributed by atoms with van der Waals surface area (Å²) in [5.74, 6) is 0.898. The number of hydrogen-bond donors (Lipinski definition) is 1. The molecule has 118 valence electrons. The third-order valence-electron chi connectivity index (χ3n) is 4.25. The van der Waals surface area contributed by atoms with Gasteiger partial charge in [0.15, 0.2) is 0 Å². The molecule has 2 saturated carbocycles. The van der Waals surface area contributed by atoms with Gasteiger partial charge in [-0.25, -0.2) is 4.98 Å². The van der Waals surface area contributed by atoms with E-state index < -0.39 is 0 Å². The average molecular weight is 308 g/mol. The second-order valence-corrected chi connectivity index (χ2v) is 6.34. The first-order chi connectivity index (χ1) is 11.3. The van der Waals surface area contributed by atoms with Crippen molar-refractivity contribution < 1.29 is 4.79 Å². The molecule has 0 saturated heterocycles. The molecule has 2 aliphatic rings. The molecule has 5 nitrogen and oxygen atoms in total. The minimum Gasteiger partial charge on any atom is -0.367 e. The number of carbonyl (C=O) groups is 1. The van der Waals surface area contributed by atoms with Gasteiger partial charge in [-0.1, -0.05) is 6.07 Å². The van der Waals surface area contributed by atoms with Crippen molar-refractivity contribution >= 4 is 11.7 Å². The highest BCUT2D eigenvalue weighted by Gasteiger charge is 2.33. The molecule has 0 aliphatic heterocycles. The van der Waals surface area contributed by atoms with Crippen molar-refractivity contribution in [3.63, 3.8) is 0 Å². The van der Waals surface area contributed by atoms with Crippen LogP contribution in [0.2, 0.25) is 0 Å². The van der Waals surface area contributed by atoms with E-state index in [2.05, 4.69) is 15.3 Å². The lowest BCUT2D eigenvalue weighted by molar-refractivity contribution is 0.0727. The number of rotatable bonds is 6. The van der Waals surface area contributed by atoms with E-state index in [1.54, 1.807) is 12.4 Å². The molecule has 2 aliphatic carbocycles. The van der Waals surface area contributed by atoms with Crippen LogP contribution >= 0.6 is 0 Å². The summed E-state index contributed by atoms with van der Waals surface area (Å²) in [6.45, 7) is 0.562. The SMILES string of the molecule is O=C(c1ccc(NC2CC2)nc1)N(Cc1ccccn1)C1CC1. The van der Waals surface area contributed by atoms with Gasteiger partial charge in [-0.05, 0) is 49.9 Å². The molecular weight excluding hydrogens is 288 g/mol. The first-order valence-corrected chi connectivity index (χ1v) is 8.23. The van der Waals surface area contributed by atoms with Crippen molar-refractivity contribution in [3.8, 4) is 0 Å². The predicted molar refractivity (Wildman–Crippen MR) is 88.0 cm³/mol. The zero-order valence-electron chi connectivity index (χ0n) is 13.0. The Labute approximate surface area is 135 Å². The van der Waals surface area contributed by atoms with Crippen molar-refractivity contribution in [2.24, 2.45) is 0 Å². The van der Waals surface area contributed by atoms with Crippen LogP contribution in [-0.2, 0) is 6.54 Å². The zero-order valence-corrected chi connectivity index (χ0v) is 13.0. The van der Waals surface area contributed by atoms with Crippen molar-refractivity contribution in [2.75, 3.05) is 5.32 Å². The molecule has 0 radical (unpaired) electrons. The fraction of sp³-hybridized carbons (Fsp3) is 0.389. The quantitative estimate of drug-likeness (QED) is 0.891. The lowest BCUT2D eigenvalue weighted by atomic mass is 10.2. The van der Waals surface area contributed by atoms with Crippen LogP contribution in [0.1, 0.15) is 41.7 Å². The Hall–Kier alpha value is -2.43. The van der Waals surface area contributed by atoms with E-state index in [9.17, 15) is 4.79 Å². The lowest BCUT2D eigenvalue weighted by Crippen LogP contribution is -2.33. The van der Waals surface area contributed by atoms with Crippen LogP contribution in [0.25, 0.3) is 0 Å². The molecule has 0 bridgehead atoms. The molecule has 0 aromatic carbocycles. The van der Waals surface area contributed by atoms with Crippen LogP contribution in [0.5, 0.6) is 0 Å². The summed E-state index contributed by atoms with van der Waals surface area (Å²) < 4.78 is 0. The Morgan fingerprint density at radius 3 is 2.61 bits per heavy atom. The topological polar surface area (TPSA) is 58.1 Å². The highest BCUT2D eigenvalue weighted by Crippen LogP contribution is 2.30. The monoisotopic (exact) mass is 308 g/mol. The summed E-state index contributed by atoms with van der Waals surface area (Å²) in [6, 6.07) is 10.5. The molecular formula is C18H20N4O. The molecule has 0 atom stereocenters. The smallest absolute Gasteiger partial charge is 0.256 e. The fourth-order valence-electron chi connectivity index (χ4n) is 2.63. The average Bonchev–Trinajstić information content (AvgIpc) is 3.48. The normalized spacial score (nSPS) is 16.9. The number of aromatic nitrogens is 2. The summed E-state index contributed by atoms with van der Waals surface area (Å²) in [6.07, 6.45) is 8.02. The highest BCUT2D eigenvalue weighted by atomic mass is 16.2. The van der Waals surface area contributed by atoms with E-state index in [4.69, 9.17) is 0 Å². The number of nitrogens with zero attached hydrogens (tertiary/aromatic N) is 3. The Morgan fingerprint density at radius 2 is 2.00 bits per heavy atom. The Bertz CT molecular complexity index is 678. The van der Waals surface area contributed by atoms with Gasteiger partial charge in [0.1, 0.15) is 5.82 Å². The van der Waals surface area contributed by atoms with Crippen molar-refractivity contribution in [3.05, 3.63) is 54.0 Å². The van der Waals surface area contributed by atoms with Crippen LogP contribution in [0.15, 0.2) is 42.7 Å². The second kappa shape index (κ2) is 5.99. The van der Waals surface area contributed by atoms with Gasteiger partial charge in [-0.3, -0.25) is 9.78 Å². The van der Waals surface area contributed by atoms with Gasteiger partial charge in [-0.2, -0.15) is 0 Å². The van der Waals surface area contributed by atoms with Crippen molar-refractivity contribution in [1.82, 2.24) is 14.9 Å². The van der Waals surface area contributed by atoms with Gasteiger partial charge in [-0.15, -0.1) is 0 Å². The summed E-state index contributed by atoms with van der Waals surface area (Å²) in [5.41, 5.74) is 1.57. The molecule has 4 rings (SSSR count). The summed E-state index contributed by atoms with van der Waals surface area (Å²) in [7, 11) is 0. The first-order valence-electron chi connectivity index (χ1n) is 8.23. The van der Waals surface area contributed by atoms with Gasteiger partial charge >= 0.3 is 0 Å². The van der Waals surface area contributed by atoms with E-state index in [1.807, 2.05) is 35.2 Å². The Morgan fingerprint density at radius 1 is 1.13 bits per heavy atom. The number of amides is 1. The maximum Gasteiger partial charge on any atom is 0.256 e. The first kappa shape index (κ1) is 14.2. The van der Waals surface area contributed by atoms with Crippen LogP contribution in [0.4, 0.5) is 5.82 Å². The van der Waals surface area contributed by atoms with Crippen LogP contribution in [0, 0.1) is 0 Å². The summed E-state index contributed by atoms with van der Waals surface area (Å²) in [4.78, 5) is 23.5. The molecule has 0 unspecified atom stereocenters. The fourth-order valence-corrected chi connectivity index (χ4v) is 2.63. The van der Waals surface area contributed by atoms with E-state index >= 15 is 0 Å². The van der Waals surface area contributed by atoms with Crippen LogP contribution in [-0.4, -0.2) is 32.9 Å². The number of hydrogen-bond acceptors (Lipinski definition) is 4. The van der Waals surface area contributed by atoms with E-state index in [0.29, 0.717) is 24.2 Å². The number of nitrogens with one attached hydrogen (secondary N) is 1. The minimum atomic E-state index is 0.0450. The number of anilines is 1. The van der Waals surface area contributed by atoms with Crippen molar-refractivity contribution in [2.45, 2.75) is 44.3 Å². The molecule has 1 amide bonds. The maximum atomic E-state index is 12.8. The Kier molecular flexibility index (Phi) is 3.69. The number of pyridine rings is 2. The standard InChI is InChI=1S/C18H20N4O/c23-18(13-4-9-17(20-11-13)21-14-5-6-14)22(16-7-8-16)12-15-3-1-2-10-19-15/h1-4,9-11,14,16H,5-8,12H2,(H,20,21). The van der Waals surface area contributed by atoms with E-state index in [-0.39, 0.29) is 5.91 Å². The summed E-state index contributed by atoms with van der Waals surface area (Å²) >= 11 is 0. The Balaban J connectivity index is 1.48. The van der Waals surface area contributed by atoms with Gasteiger partial charge in [0.2, 0.25) is 0 Å². The van der Waals surface area contributed by atoms with Gasteiger partial charge < -0.3 is 10.2 Å².